The van der Waals surface area contributed by atoms with Crippen LogP contribution in [0, 0.1) is 0 Å². The number of hydrogen-bond acceptors (Lipinski definition) is 2. The van der Waals surface area contributed by atoms with Gasteiger partial charge in [-0.3, -0.25) is 4.98 Å². The van der Waals surface area contributed by atoms with Crippen molar-refractivity contribution in [1.82, 2.24) is 10.3 Å². The fourth-order valence-electron chi connectivity index (χ4n) is 2.87. The molecule has 0 aliphatic heterocycles. The normalized spacial score (nSPS) is 17.7. The molecule has 18 heavy (non-hydrogen) atoms. The molecule has 2 nitrogen and oxygen atoms in total. The van der Waals surface area contributed by atoms with Crippen LogP contribution in [0.15, 0.2) is 42.6 Å². The van der Waals surface area contributed by atoms with Gasteiger partial charge in [0, 0.05) is 17.8 Å². The molecule has 2 heteroatoms. The van der Waals surface area contributed by atoms with E-state index in [2.05, 4.69) is 47.6 Å². The first-order valence-corrected chi connectivity index (χ1v) is 6.66. The quantitative estimate of drug-likeness (QED) is 0.887. The molecule has 1 N–H and O–H groups in total. The number of hydrogen-bond donors (Lipinski definition) is 1. The fraction of sp³-hybridized carbons (Fsp3) is 0.312. The van der Waals surface area contributed by atoms with Crippen molar-refractivity contribution in [2.45, 2.75) is 25.8 Å². The van der Waals surface area contributed by atoms with Gasteiger partial charge in [0.15, 0.2) is 0 Å². The molecule has 0 bridgehead atoms. The van der Waals surface area contributed by atoms with Crippen LogP contribution in [-0.2, 0) is 6.42 Å². The van der Waals surface area contributed by atoms with Crippen molar-refractivity contribution in [1.29, 1.82) is 0 Å². The van der Waals surface area contributed by atoms with Crippen molar-refractivity contribution < 1.29 is 0 Å². The standard InChI is InChI=1S/C16H18N2/c1-2-17-16-10-9-12-13(6-5-7-14(12)16)15-8-3-4-11-18-15/h3-8,11,16-17H,2,9-10H2,1H3. The Morgan fingerprint density at radius 3 is 2.94 bits per heavy atom. The first kappa shape index (κ1) is 11.4. The Labute approximate surface area is 108 Å². The Hall–Kier alpha value is -1.67. The third-order valence-corrected chi connectivity index (χ3v) is 3.66. The molecule has 1 heterocycles. The van der Waals surface area contributed by atoms with Crippen LogP contribution in [0.2, 0.25) is 0 Å². The molecule has 1 aliphatic carbocycles. The van der Waals surface area contributed by atoms with Gasteiger partial charge in [-0.2, -0.15) is 0 Å². The van der Waals surface area contributed by atoms with Crippen molar-refractivity contribution in [3.63, 3.8) is 0 Å². The molecule has 3 rings (SSSR count). The Morgan fingerprint density at radius 2 is 2.17 bits per heavy atom. The topological polar surface area (TPSA) is 24.9 Å². The first-order valence-electron chi connectivity index (χ1n) is 6.66. The van der Waals surface area contributed by atoms with E-state index in [0.29, 0.717) is 6.04 Å². The minimum absolute atomic E-state index is 0.522. The van der Waals surface area contributed by atoms with E-state index in [4.69, 9.17) is 0 Å². The third kappa shape index (κ3) is 1.93. The van der Waals surface area contributed by atoms with Crippen molar-refractivity contribution >= 4 is 0 Å². The molecule has 1 atom stereocenters. The predicted octanol–water partition coefficient (Wildman–Crippen LogP) is 3.35. The molecule has 1 unspecified atom stereocenters. The van der Waals surface area contributed by atoms with Gasteiger partial charge in [-0.05, 0) is 42.6 Å². The lowest BCUT2D eigenvalue weighted by Gasteiger charge is -2.13. The zero-order chi connectivity index (χ0) is 12.4. The van der Waals surface area contributed by atoms with Gasteiger partial charge in [0.05, 0.1) is 5.69 Å². The second-order valence-corrected chi connectivity index (χ2v) is 4.74. The molecule has 1 aromatic carbocycles. The number of aromatic nitrogens is 1. The second kappa shape index (κ2) is 4.91. The summed E-state index contributed by atoms with van der Waals surface area (Å²) in [6, 6.07) is 13.2. The summed E-state index contributed by atoms with van der Waals surface area (Å²) in [5, 5.41) is 3.56. The summed E-state index contributed by atoms with van der Waals surface area (Å²) < 4.78 is 0. The van der Waals surface area contributed by atoms with Crippen molar-refractivity contribution in [2.75, 3.05) is 6.54 Å². The van der Waals surface area contributed by atoms with Crippen LogP contribution in [0.25, 0.3) is 11.3 Å². The summed E-state index contributed by atoms with van der Waals surface area (Å²) in [6.45, 7) is 3.19. The van der Waals surface area contributed by atoms with Gasteiger partial charge >= 0.3 is 0 Å². The van der Waals surface area contributed by atoms with Gasteiger partial charge in [0.25, 0.3) is 0 Å². The first-order chi connectivity index (χ1) is 8.90. The molecule has 2 aromatic rings. The SMILES string of the molecule is CCNC1CCc2c(-c3ccccn3)cccc21. The number of fused-ring (bicyclic) bond motifs is 1. The third-order valence-electron chi connectivity index (χ3n) is 3.66. The maximum absolute atomic E-state index is 4.48. The van der Waals surface area contributed by atoms with E-state index < -0.39 is 0 Å². The van der Waals surface area contributed by atoms with Crippen molar-refractivity contribution in [3.05, 3.63) is 53.7 Å². The van der Waals surface area contributed by atoms with E-state index in [9.17, 15) is 0 Å². The highest BCUT2D eigenvalue weighted by Gasteiger charge is 2.24. The van der Waals surface area contributed by atoms with Crippen LogP contribution in [0.5, 0.6) is 0 Å². The van der Waals surface area contributed by atoms with Crippen LogP contribution < -0.4 is 5.32 Å². The Kier molecular flexibility index (Phi) is 3.11. The van der Waals surface area contributed by atoms with Gasteiger partial charge < -0.3 is 5.32 Å². The highest BCUT2D eigenvalue weighted by molar-refractivity contribution is 5.66. The minimum atomic E-state index is 0.522. The van der Waals surface area contributed by atoms with Gasteiger partial charge in [0.1, 0.15) is 0 Å². The molecule has 1 aromatic heterocycles. The lowest BCUT2D eigenvalue weighted by atomic mass is 9.99. The van der Waals surface area contributed by atoms with E-state index in [0.717, 1.165) is 18.7 Å². The summed E-state index contributed by atoms with van der Waals surface area (Å²) in [7, 11) is 0. The number of rotatable bonds is 3. The number of pyridine rings is 1. The van der Waals surface area contributed by atoms with Crippen molar-refractivity contribution in [2.24, 2.45) is 0 Å². The van der Waals surface area contributed by atoms with Gasteiger partial charge in [0.2, 0.25) is 0 Å². The number of benzene rings is 1. The maximum atomic E-state index is 4.48. The average molecular weight is 238 g/mol. The van der Waals surface area contributed by atoms with Crippen LogP contribution >= 0.6 is 0 Å². The molecule has 92 valence electrons. The molecule has 0 spiro atoms. The molecule has 0 saturated heterocycles. The molecular formula is C16H18N2. The summed E-state index contributed by atoms with van der Waals surface area (Å²) in [4.78, 5) is 4.48. The highest BCUT2D eigenvalue weighted by atomic mass is 14.9. The van der Waals surface area contributed by atoms with E-state index in [1.807, 2.05) is 12.3 Å². The van der Waals surface area contributed by atoms with Gasteiger partial charge in [-0.1, -0.05) is 31.2 Å². The van der Waals surface area contributed by atoms with Crippen LogP contribution in [0.1, 0.15) is 30.5 Å². The summed E-state index contributed by atoms with van der Waals surface area (Å²) in [5.74, 6) is 0. The molecular weight excluding hydrogens is 220 g/mol. The minimum Gasteiger partial charge on any atom is -0.310 e. The summed E-state index contributed by atoms with van der Waals surface area (Å²) in [6.07, 6.45) is 4.22. The fourth-order valence-corrected chi connectivity index (χ4v) is 2.87. The summed E-state index contributed by atoms with van der Waals surface area (Å²) in [5.41, 5.74) is 5.32. The molecule has 0 amide bonds. The zero-order valence-electron chi connectivity index (χ0n) is 10.7. The Morgan fingerprint density at radius 1 is 1.22 bits per heavy atom. The van der Waals surface area contributed by atoms with Crippen molar-refractivity contribution in [3.8, 4) is 11.3 Å². The molecule has 0 radical (unpaired) electrons. The average Bonchev–Trinajstić information content (AvgIpc) is 2.84. The lowest BCUT2D eigenvalue weighted by Crippen LogP contribution is -2.18. The Bertz CT molecular complexity index is 534. The highest BCUT2D eigenvalue weighted by Crippen LogP contribution is 2.36. The monoisotopic (exact) mass is 238 g/mol. The summed E-state index contributed by atoms with van der Waals surface area (Å²) >= 11 is 0. The second-order valence-electron chi connectivity index (χ2n) is 4.74. The lowest BCUT2D eigenvalue weighted by molar-refractivity contribution is 0.549. The van der Waals surface area contributed by atoms with E-state index in [1.54, 1.807) is 0 Å². The number of nitrogens with zero attached hydrogens (tertiary/aromatic N) is 1. The van der Waals surface area contributed by atoms with E-state index in [-0.39, 0.29) is 0 Å². The predicted molar refractivity (Wildman–Crippen MR) is 74.4 cm³/mol. The Balaban J connectivity index is 2.04. The molecule has 0 saturated carbocycles. The molecule has 1 aliphatic rings. The number of nitrogens with one attached hydrogen (secondary N) is 1. The zero-order valence-corrected chi connectivity index (χ0v) is 10.7. The smallest absolute Gasteiger partial charge is 0.0704 e. The van der Waals surface area contributed by atoms with Gasteiger partial charge in [-0.25, -0.2) is 0 Å². The van der Waals surface area contributed by atoms with E-state index in [1.165, 1.54) is 23.1 Å². The van der Waals surface area contributed by atoms with E-state index >= 15 is 0 Å². The van der Waals surface area contributed by atoms with Crippen LogP contribution in [0.4, 0.5) is 0 Å². The largest absolute Gasteiger partial charge is 0.310 e. The van der Waals surface area contributed by atoms with Crippen LogP contribution in [-0.4, -0.2) is 11.5 Å². The van der Waals surface area contributed by atoms with Crippen LogP contribution in [0.3, 0.4) is 0 Å². The molecule has 0 fully saturated rings. The maximum Gasteiger partial charge on any atom is 0.0704 e. The van der Waals surface area contributed by atoms with Gasteiger partial charge in [-0.15, -0.1) is 0 Å².